The summed E-state index contributed by atoms with van der Waals surface area (Å²) in [5, 5.41) is 3.62. The van der Waals surface area contributed by atoms with Crippen LogP contribution in [0.4, 0.5) is 0 Å². The molecule has 0 bridgehead atoms. The summed E-state index contributed by atoms with van der Waals surface area (Å²) in [6, 6.07) is 1.59. The molecule has 16 heavy (non-hydrogen) atoms. The summed E-state index contributed by atoms with van der Waals surface area (Å²) in [4.78, 5) is 13.5. The lowest BCUT2D eigenvalue weighted by Gasteiger charge is -2.22. The Balaban J connectivity index is 2.09. The van der Waals surface area contributed by atoms with E-state index in [1.165, 1.54) is 11.3 Å². The molecule has 88 valence electrons. The first-order chi connectivity index (χ1) is 7.49. The van der Waals surface area contributed by atoms with Crippen molar-refractivity contribution in [1.29, 1.82) is 0 Å². The van der Waals surface area contributed by atoms with Crippen LogP contribution in [0.5, 0.6) is 0 Å². The van der Waals surface area contributed by atoms with Crippen LogP contribution >= 0.6 is 11.3 Å². The monoisotopic (exact) mass is 259 g/mol. The van der Waals surface area contributed by atoms with Gasteiger partial charge in [0.15, 0.2) is 9.84 Å². The first-order valence-corrected chi connectivity index (χ1v) is 7.76. The second kappa shape index (κ2) is 4.18. The van der Waals surface area contributed by atoms with E-state index in [1.807, 2.05) is 5.38 Å². The van der Waals surface area contributed by atoms with Crippen molar-refractivity contribution in [3.63, 3.8) is 0 Å². The molecule has 0 N–H and O–H groups in total. The van der Waals surface area contributed by atoms with Crippen LogP contribution in [0.2, 0.25) is 0 Å². The van der Waals surface area contributed by atoms with Crippen molar-refractivity contribution < 1.29 is 13.2 Å². The fourth-order valence-corrected chi connectivity index (χ4v) is 4.24. The number of hydrogen-bond acceptors (Lipinski definition) is 4. The van der Waals surface area contributed by atoms with Crippen molar-refractivity contribution in [2.75, 3.05) is 18.6 Å². The molecule has 0 saturated carbocycles. The first kappa shape index (κ1) is 11.6. The Morgan fingerprint density at radius 1 is 1.56 bits per heavy atom. The molecule has 1 fully saturated rings. The molecule has 1 aliphatic rings. The van der Waals surface area contributed by atoms with Gasteiger partial charge in [0.1, 0.15) is 0 Å². The second-order valence-electron chi connectivity index (χ2n) is 3.98. The number of rotatable bonds is 2. The molecule has 6 heteroatoms. The van der Waals surface area contributed by atoms with Crippen LogP contribution in [0.25, 0.3) is 0 Å². The third kappa shape index (κ3) is 2.27. The van der Waals surface area contributed by atoms with Crippen molar-refractivity contribution in [2.24, 2.45) is 0 Å². The van der Waals surface area contributed by atoms with E-state index in [9.17, 15) is 13.2 Å². The van der Waals surface area contributed by atoms with E-state index in [0.717, 1.165) is 0 Å². The molecule has 2 heterocycles. The van der Waals surface area contributed by atoms with Gasteiger partial charge >= 0.3 is 0 Å². The van der Waals surface area contributed by atoms with Crippen LogP contribution < -0.4 is 0 Å². The van der Waals surface area contributed by atoms with Gasteiger partial charge in [-0.25, -0.2) is 8.42 Å². The maximum absolute atomic E-state index is 11.9. The lowest BCUT2D eigenvalue weighted by atomic mass is 10.2. The molecule has 4 nitrogen and oxygen atoms in total. The molecule has 0 spiro atoms. The third-order valence-corrected chi connectivity index (χ3v) is 5.28. The van der Waals surface area contributed by atoms with Crippen LogP contribution in [-0.4, -0.2) is 43.8 Å². The second-order valence-corrected chi connectivity index (χ2v) is 6.99. The average Bonchev–Trinajstić information content (AvgIpc) is 2.84. The molecular weight excluding hydrogens is 246 g/mol. The van der Waals surface area contributed by atoms with E-state index in [-0.39, 0.29) is 23.5 Å². The van der Waals surface area contributed by atoms with E-state index < -0.39 is 9.84 Å². The van der Waals surface area contributed by atoms with Gasteiger partial charge in [-0.15, -0.1) is 0 Å². The van der Waals surface area contributed by atoms with Crippen molar-refractivity contribution >= 4 is 27.1 Å². The Kier molecular flexibility index (Phi) is 3.03. The van der Waals surface area contributed by atoms with Crippen molar-refractivity contribution in [2.45, 2.75) is 12.5 Å². The van der Waals surface area contributed by atoms with E-state index in [0.29, 0.717) is 12.0 Å². The molecule has 0 aliphatic carbocycles. The molecule has 1 atom stereocenters. The number of carbonyl (C=O) groups is 1. The number of amides is 1. The highest BCUT2D eigenvalue weighted by molar-refractivity contribution is 7.91. The van der Waals surface area contributed by atoms with Crippen molar-refractivity contribution in [1.82, 2.24) is 4.90 Å². The highest BCUT2D eigenvalue weighted by atomic mass is 32.2. The van der Waals surface area contributed by atoms with E-state index >= 15 is 0 Å². The molecule has 0 aromatic carbocycles. The van der Waals surface area contributed by atoms with Crippen LogP contribution in [0.1, 0.15) is 16.8 Å². The SMILES string of the molecule is CN(C(=O)c1ccsc1)C1CCS(=O)(=O)C1. The summed E-state index contributed by atoms with van der Waals surface area (Å²) in [6.45, 7) is 0. The lowest BCUT2D eigenvalue weighted by Crippen LogP contribution is -2.37. The summed E-state index contributed by atoms with van der Waals surface area (Å²) in [5.41, 5.74) is 0.636. The maximum atomic E-state index is 11.9. The van der Waals surface area contributed by atoms with Gasteiger partial charge in [-0.05, 0) is 17.9 Å². The molecule has 1 aliphatic heterocycles. The Morgan fingerprint density at radius 2 is 2.31 bits per heavy atom. The zero-order chi connectivity index (χ0) is 11.8. The molecule has 1 saturated heterocycles. The van der Waals surface area contributed by atoms with Crippen LogP contribution in [0.3, 0.4) is 0 Å². The zero-order valence-electron chi connectivity index (χ0n) is 8.92. The predicted molar refractivity (Wildman–Crippen MR) is 63.5 cm³/mol. The summed E-state index contributed by atoms with van der Waals surface area (Å²) >= 11 is 1.46. The van der Waals surface area contributed by atoms with E-state index in [2.05, 4.69) is 0 Å². The van der Waals surface area contributed by atoms with Gasteiger partial charge < -0.3 is 4.90 Å². The standard InChI is InChI=1S/C10H13NO3S2/c1-11(9-3-5-16(13,14)7-9)10(12)8-2-4-15-6-8/h2,4,6,9H,3,5,7H2,1H3. The first-order valence-electron chi connectivity index (χ1n) is 4.99. The van der Waals surface area contributed by atoms with Crippen LogP contribution in [0.15, 0.2) is 16.8 Å². The van der Waals surface area contributed by atoms with E-state index in [4.69, 9.17) is 0 Å². The highest BCUT2D eigenvalue weighted by Gasteiger charge is 2.32. The minimum atomic E-state index is -2.93. The summed E-state index contributed by atoms with van der Waals surface area (Å²) in [5.74, 6) is 0.196. The molecule has 0 radical (unpaired) electrons. The Labute approximate surface area is 98.8 Å². The van der Waals surface area contributed by atoms with Crippen molar-refractivity contribution in [3.8, 4) is 0 Å². The fraction of sp³-hybridized carbons (Fsp3) is 0.500. The number of hydrogen-bond donors (Lipinski definition) is 0. The number of thiophene rings is 1. The van der Waals surface area contributed by atoms with Gasteiger partial charge in [-0.3, -0.25) is 4.79 Å². The Morgan fingerprint density at radius 3 is 2.81 bits per heavy atom. The van der Waals surface area contributed by atoms with Gasteiger partial charge in [-0.2, -0.15) is 11.3 Å². The van der Waals surface area contributed by atoms with Gasteiger partial charge in [-0.1, -0.05) is 0 Å². The van der Waals surface area contributed by atoms with Crippen LogP contribution in [-0.2, 0) is 9.84 Å². The van der Waals surface area contributed by atoms with E-state index in [1.54, 1.807) is 23.4 Å². The minimum absolute atomic E-state index is 0.0941. The zero-order valence-corrected chi connectivity index (χ0v) is 10.6. The lowest BCUT2D eigenvalue weighted by molar-refractivity contribution is 0.0748. The van der Waals surface area contributed by atoms with Gasteiger partial charge in [0.2, 0.25) is 0 Å². The van der Waals surface area contributed by atoms with Crippen LogP contribution in [0, 0.1) is 0 Å². The summed E-state index contributed by atoms with van der Waals surface area (Å²) in [7, 11) is -1.26. The molecule has 1 aromatic rings. The van der Waals surface area contributed by atoms with Gasteiger partial charge in [0, 0.05) is 18.5 Å². The maximum Gasteiger partial charge on any atom is 0.254 e. The molecule has 1 aromatic heterocycles. The smallest absolute Gasteiger partial charge is 0.254 e. The molecule has 1 unspecified atom stereocenters. The molecule has 1 amide bonds. The quantitative estimate of drug-likeness (QED) is 0.796. The summed E-state index contributed by atoms with van der Waals surface area (Å²) in [6.07, 6.45) is 0.550. The number of nitrogens with zero attached hydrogens (tertiary/aromatic N) is 1. The highest BCUT2D eigenvalue weighted by Crippen LogP contribution is 2.19. The predicted octanol–water partition coefficient (Wildman–Crippen LogP) is 1.01. The third-order valence-electron chi connectivity index (χ3n) is 2.84. The van der Waals surface area contributed by atoms with Gasteiger partial charge in [0.25, 0.3) is 5.91 Å². The Bertz CT molecular complexity index is 478. The van der Waals surface area contributed by atoms with Gasteiger partial charge in [0.05, 0.1) is 17.1 Å². The number of carbonyl (C=O) groups excluding carboxylic acids is 1. The largest absolute Gasteiger partial charge is 0.338 e. The molecular formula is C10H13NO3S2. The number of sulfone groups is 1. The van der Waals surface area contributed by atoms with Crippen molar-refractivity contribution in [3.05, 3.63) is 22.4 Å². The fourth-order valence-electron chi connectivity index (χ4n) is 1.84. The summed E-state index contributed by atoms with van der Waals surface area (Å²) < 4.78 is 22.6. The normalized spacial score (nSPS) is 23.2. The molecule has 2 rings (SSSR count). The Hall–Kier alpha value is -0.880. The average molecular weight is 259 g/mol. The topological polar surface area (TPSA) is 54.5 Å². The minimum Gasteiger partial charge on any atom is -0.338 e.